The van der Waals surface area contributed by atoms with E-state index in [0.717, 1.165) is 25.7 Å². The standard InChI is InChI=1S/C12H20N2O/c13-10-7-3-4-8-11(10)14-12(15)9-5-1-2-6-9/h1-2,9-11H,3-8,13H2,(H,14,15). The molecule has 0 aromatic rings. The summed E-state index contributed by atoms with van der Waals surface area (Å²) in [6.45, 7) is 0. The molecule has 2 aliphatic rings. The molecule has 0 aromatic carbocycles. The summed E-state index contributed by atoms with van der Waals surface area (Å²) >= 11 is 0. The third-order valence-electron chi connectivity index (χ3n) is 3.53. The lowest BCUT2D eigenvalue weighted by Crippen LogP contribution is -2.50. The Hall–Kier alpha value is -0.830. The summed E-state index contributed by atoms with van der Waals surface area (Å²) in [4.78, 5) is 11.9. The van der Waals surface area contributed by atoms with Crippen LogP contribution in [-0.2, 0) is 4.79 Å². The topological polar surface area (TPSA) is 55.1 Å². The van der Waals surface area contributed by atoms with Crippen molar-refractivity contribution in [2.75, 3.05) is 0 Å². The fourth-order valence-corrected chi connectivity index (χ4v) is 2.47. The molecule has 1 fully saturated rings. The minimum atomic E-state index is 0.164. The molecule has 3 nitrogen and oxygen atoms in total. The average Bonchev–Trinajstić information content (AvgIpc) is 2.74. The number of allylic oxidation sites excluding steroid dienone is 2. The summed E-state index contributed by atoms with van der Waals surface area (Å²) in [5.74, 6) is 0.362. The van der Waals surface area contributed by atoms with E-state index in [-0.39, 0.29) is 23.9 Å². The zero-order valence-corrected chi connectivity index (χ0v) is 9.11. The molecule has 2 atom stereocenters. The Morgan fingerprint density at radius 3 is 2.53 bits per heavy atom. The molecule has 0 aliphatic heterocycles. The third-order valence-corrected chi connectivity index (χ3v) is 3.53. The molecule has 2 aliphatic carbocycles. The van der Waals surface area contributed by atoms with Crippen LogP contribution < -0.4 is 11.1 Å². The van der Waals surface area contributed by atoms with Gasteiger partial charge in [0.2, 0.25) is 5.91 Å². The van der Waals surface area contributed by atoms with E-state index in [1.807, 2.05) is 0 Å². The van der Waals surface area contributed by atoms with Crippen molar-refractivity contribution in [2.45, 2.75) is 50.6 Å². The largest absolute Gasteiger partial charge is 0.352 e. The predicted octanol–water partition coefficient (Wildman–Crippen LogP) is 1.34. The van der Waals surface area contributed by atoms with Crippen LogP contribution in [0.4, 0.5) is 0 Å². The van der Waals surface area contributed by atoms with Crippen molar-refractivity contribution in [1.82, 2.24) is 5.32 Å². The van der Waals surface area contributed by atoms with E-state index >= 15 is 0 Å². The fraction of sp³-hybridized carbons (Fsp3) is 0.750. The molecule has 0 saturated heterocycles. The maximum absolute atomic E-state index is 11.9. The number of nitrogens with two attached hydrogens (primary N) is 1. The molecule has 2 rings (SSSR count). The van der Waals surface area contributed by atoms with Gasteiger partial charge < -0.3 is 11.1 Å². The van der Waals surface area contributed by atoms with Crippen LogP contribution in [0.15, 0.2) is 12.2 Å². The van der Waals surface area contributed by atoms with Gasteiger partial charge in [0.1, 0.15) is 0 Å². The maximum Gasteiger partial charge on any atom is 0.224 e. The van der Waals surface area contributed by atoms with E-state index in [9.17, 15) is 4.79 Å². The zero-order valence-electron chi connectivity index (χ0n) is 9.11. The number of hydrogen-bond donors (Lipinski definition) is 2. The lowest BCUT2D eigenvalue weighted by molar-refractivity contribution is -0.125. The minimum absolute atomic E-state index is 0.164. The second-order valence-electron chi connectivity index (χ2n) is 4.70. The predicted molar refractivity (Wildman–Crippen MR) is 60.2 cm³/mol. The molecule has 2 unspecified atom stereocenters. The Bertz CT molecular complexity index is 254. The fourth-order valence-electron chi connectivity index (χ4n) is 2.47. The van der Waals surface area contributed by atoms with E-state index in [1.165, 1.54) is 12.8 Å². The lowest BCUT2D eigenvalue weighted by atomic mass is 9.90. The molecule has 1 amide bonds. The van der Waals surface area contributed by atoms with Crippen molar-refractivity contribution in [2.24, 2.45) is 11.7 Å². The van der Waals surface area contributed by atoms with Crippen molar-refractivity contribution < 1.29 is 4.79 Å². The minimum Gasteiger partial charge on any atom is -0.352 e. The molecule has 3 N–H and O–H groups in total. The highest BCUT2D eigenvalue weighted by molar-refractivity contribution is 5.79. The van der Waals surface area contributed by atoms with Gasteiger partial charge in [0.05, 0.1) is 0 Å². The summed E-state index contributed by atoms with van der Waals surface area (Å²) in [6.07, 6.45) is 10.5. The summed E-state index contributed by atoms with van der Waals surface area (Å²) < 4.78 is 0. The van der Waals surface area contributed by atoms with Crippen molar-refractivity contribution >= 4 is 5.91 Å². The normalized spacial score (nSPS) is 31.8. The Kier molecular flexibility index (Phi) is 3.41. The van der Waals surface area contributed by atoms with Crippen LogP contribution in [0, 0.1) is 5.92 Å². The first-order chi connectivity index (χ1) is 7.27. The monoisotopic (exact) mass is 208 g/mol. The second kappa shape index (κ2) is 4.79. The molecule has 84 valence electrons. The summed E-state index contributed by atoms with van der Waals surface area (Å²) in [6, 6.07) is 0.379. The SMILES string of the molecule is NC1CCCCC1NC(=O)C1CC=CC1. The summed E-state index contributed by atoms with van der Waals surface area (Å²) in [5, 5.41) is 3.11. The van der Waals surface area contributed by atoms with Crippen molar-refractivity contribution in [3.05, 3.63) is 12.2 Å². The molecule has 0 bridgehead atoms. The number of nitrogens with one attached hydrogen (secondary N) is 1. The third kappa shape index (κ3) is 2.59. The van der Waals surface area contributed by atoms with E-state index in [4.69, 9.17) is 5.73 Å². The van der Waals surface area contributed by atoms with Gasteiger partial charge in [0.15, 0.2) is 0 Å². The first-order valence-electron chi connectivity index (χ1n) is 5.98. The molecular weight excluding hydrogens is 188 g/mol. The Labute approximate surface area is 91.1 Å². The number of amides is 1. The summed E-state index contributed by atoms with van der Waals surface area (Å²) in [5.41, 5.74) is 6.00. The highest BCUT2D eigenvalue weighted by Gasteiger charge is 2.26. The molecule has 15 heavy (non-hydrogen) atoms. The van der Waals surface area contributed by atoms with Crippen molar-refractivity contribution in [3.63, 3.8) is 0 Å². The van der Waals surface area contributed by atoms with Gasteiger partial charge in [-0.15, -0.1) is 0 Å². The Morgan fingerprint density at radius 2 is 1.87 bits per heavy atom. The van der Waals surface area contributed by atoms with E-state index in [2.05, 4.69) is 17.5 Å². The smallest absolute Gasteiger partial charge is 0.224 e. The van der Waals surface area contributed by atoms with Crippen LogP contribution in [0.3, 0.4) is 0 Å². The quantitative estimate of drug-likeness (QED) is 0.673. The molecule has 1 saturated carbocycles. The molecular formula is C12H20N2O. The van der Waals surface area contributed by atoms with Gasteiger partial charge in [-0.05, 0) is 25.7 Å². The van der Waals surface area contributed by atoms with Gasteiger partial charge in [0.25, 0.3) is 0 Å². The van der Waals surface area contributed by atoms with E-state index < -0.39 is 0 Å². The summed E-state index contributed by atoms with van der Waals surface area (Å²) in [7, 11) is 0. The molecule has 0 radical (unpaired) electrons. The Morgan fingerprint density at radius 1 is 1.20 bits per heavy atom. The number of rotatable bonds is 2. The Balaban J connectivity index is 1.82. The van der Waals surface area contributed by atoms with E-state index in [0.29, 0.717) is 0 Å². The van der Waals surface area contributed by atoms with E-state index in [1.54, 1.807) is 0 Å². The number of carbonyl (C=O) groups excluding carboxylic acids is 1. The van der Waals surface area contributed by atoms with Gasteiger partial charge >= 0.3 is 0 Å². The first-order valence-corrected chi connectivity index (χ1v) is 5.98. The van der Waals surface area contributed by atoms with Gasteiger partial charge in [-0.2, -0.15) is 0 Å². The van der Waals surface area contributed by atoms with Gasteiger partial charge in [-0.3, -0.25) is 4.79 Å². The molecule has 0 heterocycles. The lowest BCUT2D eigenvalue weighted by Gasteiger charge is -2.30. The second-order valence-corrected chi connectivity index (χ2v) is 4.70. The number of hydrogen-bond acceptors (Lipinski definition) is 2. The highest BCUT2D eigenvalue weighted by Crippen LogP contribution is 2.21. The maximum atomic E-state index is 11.9. The number of carbonyl (C=O) groups is 1. The van der Waals surface area contributed by atoms with Crippen LogP contribution >= 0.6 is 0 Å². The molecule has 0 aromatic heterocycles. The highest BCUT2D eigenvalue weighted by atomic mass is 16.1. The molecule has 3 heteroatoms. The molecule has 0 spiro atoms. The zero-order chi connectivity index (χ0) is 10.7. The average molecular weight is 208 g/mol. The van der Waals surface area contributed by atoms with Crippen LogP contribution in [-0.4, -0.2) is 18.0 Å². The van der Waals surface area contributed by atoms with Crippen molar-refractivity contribution in [3.8, 4) is 0 Å². The first kappa shape index (κ1) is 10.7. The van der Waals surface area contributed by atoms with Gasteiger partial charge in [-0.25, -0.2) is 0 Å². The van der Waals surface area contributed by atoms with Crippen LogP contribution in [0.5, 0.6) is 0 Å². The van der Waals surface area contributed by atoms with Crippen LogP contribution in [0.1, 0.15) is 38.5 Å². The van der Waals surface area contributed by atoms with Gasteiger partial charge in [0, 0.05) is 18.0 Å². The van der Waals surface area contributed by atoms with Crippen molar-refractivity contribution in [1.29, 1.82) is 0 Å². The van der Waals surface area contributed by atoms with Crippen LogP contribution in [0.25, 0.3) is 0 Å². The van der Waals surface area contributed by atoms with Gasteiger partial charge in [-0.1, -0.05) is 25.0 Å². The van der Waals surface area contributed by atoms with Crippen LogP contribution in [0.2, 0.25) is 0 Å².